The average Bonchev–Trinajstić information content (AvgIpc) is 4.00. The summed E-state index contributed by atoms with van der Waals surface area (Å²) in [5, 5.41) is 50.1. The highest BCUT2D eigenvalue weighted by atomic mass is 33.1. The number of aliphatic hydroxyl groups excluding tert-OH is 3. The van der Waals surface area contributed by atoms with E-state index >= 15 is 0 Å². The molecule has 7 aliphatic carbocycles. The van der Waals surface area contributed by atoms with Gasteiger partial charge >= 0.3 is 0 Å². The van der Waals surface area contributed by atoms with Gasteiger partial charge in [-0.3, -0.25) is 9.79 Å². The van der Waals surface area contributed by atoms with Crippen LogP contribution in [0.3, 0.4) is 0 Å². The van der Waals surface area contributed by atoms with Crippen LogP contribution in [0.5, 0.6) is 0 Å². The van der Waals surface area contributed by atoms with Crippen molar-refractivity contribution in [2.24, 2.45) is 79.5 Å². The molecule has 12 heteroatoms. The Bertz CT molecular complexity index is 1920. The Balaban J connectivity index is 1.17. The number of aromatic nitrogens is 2. The van der Waals surface area contributed by atoms with Crippen LogP contribution in [0.2, 0.25) is 0 Å². The second kappa shape index (κ2) is 17.7. The first kappa shape index (κ1) is 46.3. The van der Waals surface area contributed by atoms with Crippen molar-refractivity contribution in [2.75, 3.05) is 18.1 Å². The van der Waals surface area contributed by atoms with E-state index in [4.69, 9.17) is 16.5 Å². The fourth-order valence-corrected chi connectivity index (χ4v) is 19.5. The number of fused-ring (bicyclic) bond motifs is 9. The molecule has 1 spiro atoms. The highest BCUT2D eigenvalue weighted by molar-refractivity contribution is 8.76. The van der Waals surface area contributed by atoms with Gasteiger partial charge in [-0.25, -0.2) is 4.98 Å². The molecule has 0 aromatic carbocycles. The number of carbonyl (C=O) groups excluding carboxylic acids is 1. The molecule has 0 unspecified atom stereocenters. The average molecular weight is 906 g/mol. The predicted octanol–water partition coefficient (Wildman–Crippen LogP) is 8.54. The van der Waals surface area contributed by atoms with Crippen molar-refractivity contribution in [3.05, 3.63) is 41.5 Å². The summed E-state index contributed by atoms with van der Waals surface area (Å²) < 4.78 is 2.29. The van der Waals surface area contributed by atoms with E-state index < -0.39 is 40.7 Å². The number of nitrogens with zero attached hydrogens (tertiary/aromatic N) is 3. The van der Waals surface area contributed by atoms with E-state index in [0.717, 1.165) is 69.1 Å². The second-order valence-electron chi connectivity index (χ2n) is 23.3. The standard InChI is InChI=1S/C51H79N5O5S2/c1-31-37-19-35(28-62-63-29-36(56-18-17-54-30-56)25-47(2,3)38(20-41(31)57)32-11-10-16-49(24-32)14-8-9-15-49)51(61)40-22-42(58)39-21-43(59)44(60)26-50(39,34-12-6-5-7-13-34)45(40)33(23-48(37,51)4)27-55-46(52)53/h17-18,22,30-31,33-37,39,41,43-45,57,59-61H,5-16,19-21,23-29H2,1-4H3,(H4,52,53,55)/b38-32+/t31-,33-,35+,36+,37+,39-,41+,43+,44-,45-,48+,50+,51+/m0/s1. The summed E-state index contributed by atoms with van der Waals surface area (Å²) in [7, 11) is 3.75. The van der Waals surface area contributed by atoms with Crippen LogP contribution in [-0.2, 0) is 4.79 Å². The third-order valence-electron chi connectivity index (χ3n) is 19.6. The van der Waals surface area contributed by atoms with Crippen molar-refractivity contribution in [3.63, 3.8) is 0 Å². The molecule has 1 aliphatic heterocycles. The molecule has 1 aromatic rings. The zero-order valence-electron chi connectivity index (χ0n) is 38.7. The summed E-state index contributed by atoms with van der Waals surface area (Å²) in [5.41, 5.74) is 13.7. The minimum absolute atomic E-state index is 0.00608. The van der Waals surface area contributed by atoms with Crippen molar-refractivity contribution in [2.45, 2.75) is 180 Å². The Hall–Kier alpha value is -1.83. The molecular weight excluding hydrogens is 827 g/mol. The molecule has 8 aliphatic rings. The lowest BCUT2D eigenvalue weighted by atomic mass is 9.39. The van der Waals surface area contributed by atoms with Gasteiger partial charge in [-0.1, -0.05) is 92.5 Å². The van der Waals surface area contributed by atoms with E-state index in [1.807, 2.05) is 40.2 Å². The summed E-state index contributed by atoms with van der Waals surface area (Å²) in [5.74, 6) is 0.711. The molecule has 0 radical (unpaired) electrons. The van der Waals surface area contributed by atoms with Gasteiger partial charge in [-0.2, -0.15) is 0 Å². The van der Waals surface area contributed by atoms with Crippen molar-refractivity contribution >= 4 is 33.3 Å². The first-order valence-corrected chi connectivity index (χ1v) is 27.5. The smallest absolute Gasteiger partial charge is 0.185 e. The number of hydrogen-bond donors (Lipinski definition) is 6. The van der Waals surface area contributed by atoms with E-state index in [1.165, 1.54) is 44.1 Å². The van der Waals surface area contributed by atoms with Crippen LogP contribution < -0.4 is 11.5 Å². The lowest BCUT2D eigenvalue weighted by molar-refractivity contribution is -0.188. The number of aliphatic hydroxyl groups is 4. The Labute approximate surface area is 385 Å². The fraction of sp³-hybridized carbons (Fsp3) is 0.824. The van der Waals surface area contributed by atoms with Crippen LogP contribution in [0.25, 0.3) is 0 Å². The summed E-state index contributed by atoms with van der Waals surface area (Å²) >= 11 is 0. The van der Waals surface area contributed by atoms with Crippen molar-refractivity contribution in [1.82, 2.24) is 9.55 Å². The summed E-state index contributed by atoms with van der Waals surface area (Å²) in [4.78, 5) is 24.2. The van der Waals surface area contributed by atoms with E-state index in [2.05, 4.69) is 43.4 Å². The van der Waals surface area contributed by atoms with Crippen LogP contribution in [0.1, 0.15) is 156 Å². The molecule has 0 amide bonds. The van der Waals surface area contributed by atoms with Gasteiger partial charge in [0.25, 0.3) is 0 Å². The number of carbonyl (C=O) groups is 1. The van der Waals surface area contributed by atoms with Gasteiger partial charge in [0.1, 0.15) is 0 Å². The monoisotopic (exact) mass is 906 g/mol. The Morgan fingerprint density at radius 3 is 2.35 bits per heavy atom. The number of guanidine groups is 1. The highest BCUT2D eigenvalue weighted by Crippen LogP contribution is 2.73. The molecule has 7 fully saturated rings. The predicted molar refractivity (Wildman–Crippen MR) is 255 cm³/mol. The first-order valence-electron chi connectivity index (χ1n) is 25.0. The molecule has 10 nitrogen and oxygen atoms in total. The van der Waals surface area contributed by atoms with Crippen molar-refractivity contribution in [1.29, 1.82) is 0 Å². The van der Waals surface area contributed by atoms with Gasteiger partial charge in [0, 0.05) is 53.7 Å². The zero-order chi connectivity index (χ0) is 44.5. The summed E-state index contributed by atoms with van der Waals surface area (Å²) in [6, 6.07) is 0.205. The lowest BCUT2D eigenvalue weighted by Crippen LogP contribution is -2.67. The van der Waals surface area contributed by atoms with Gasteiger partial charge in [-0.15, -0.1) is 0 Å². The molecule has 1 aromatic heterocycles. The maximum Gasteiger partial charge on any atom is 0.185 e. The molecule has 2 bridgehead atoms. The minimum Gasteiger partial charge on any atom is -0.393 e. The summed E-state index contributed by atoms with van der Waals surface area (Å²) in [6.45, 7) is 9.74. The first-order chi connectivity index (χ1) is 30.0. The highest BCUT2D eigenvalue weighted by Gasteiger charge is 2.73. The van der Waals surface area contributed by atoms with Gasteiger partial charge < -0.3 is 36.5 Å². The van der Waals surface area contributed by atoms with E-state index in [-0.39, 0.29) is 65.1 Å². The van der Waals surface area contributed by atoms with E-state index in [1.54, 1.807) is 5.57 Å². The van der Waals surface area contributed by atoms with Crippen LogP contribution in [-0.4, -0.2) is 83.7 Å². The number of allylic oxidation sites excluding steroid dienone is 2. The molecule has 8 N–H and O–H groups in total. The molecule has 350 valence electrons. The van der Waals surface area contributed by atoms with Crippen molar-refractivity contribution in [3.8, 4) is 0 Å². The van der Waals surface area contributed by atoms with E-state index in [9.17, 15) is 25.2 Å². The largest absolute Gasteiger partial charge is 0.393 e. The summed E-state index contributed by atoms with van der Waals surface area (Å²) in [6.07, 6.45) is 24.1. The number of hydrogen-bond acceptors (Lipinski definition) is 9. The zero-order valence-corrected chi connectivity index (χ0v) is 40.4. The number of imidazole rings is 1. The normalized spacial score (nSPS) is 44.5. The topological polar surface area (TPSA) is 180 Å². The van der Waals surface area contributed by atoms with Gasteiger partial charge in [0.2, 0.25) is 0 Å². The van der Waals surface area contributed by atoms with E-state index in [0.29, 0.717) is 37.0 Å². The molecule has 63 heavy (non-hydrogen) atoms. The third-order valence-corrected chi connectivity index (χ3v) is 22.2. The quantitative estimate of drug-likeness (QED) is 0.0742. The molecule has 2 heterocycles. The number of nitrogens with two attached hydrogens (primary N) is 2. The Morgan fingerprint density at radius 2 is 1.63 bits per heavy atom. The minimum atomic E-state index is -1.33. The van der Waals surface area contributed by atoms with Gasteiger partial charge in [0.15, 0.2) is 11.7 Å². The van der Waals surface area contributed by atoms with Crippen LogP contribution in [0.15, 0.2) is 46.5 Å². The molecule has 9 rings (SSSR count). The Morgan fingerprint density at radius 1 is 0.905 bits per heavy atom. The maximum absolute atomic E-state index is 15.0. The van der Waals surface area contributed by atoms with Gasteiger partial charge in [-0.05, 0) is 147 Å². The van der Waals surface area contributed by atoms with Crippen molar-refractivity contribution < 1.29 is 25.2 Å². The maximum atomic E-state index is 15.0. The van der Waals surface area contributed by atoms with Crippen LogP contribution in [0.4, 0.5) is 0 Å². The molecular formula is C51H79N5O5S2. The molecule has 13 atom stereocenters. The van der Waals surface area contributed by atoms with Crippen LogP contribution in [0, 0.1) is 63.1 Å². The second-order valence-corrected chi connectivity index (χ2v) is 25.8. The number of aliphatic imine (C=N–C) groups is 1. The molecule has 1 saturated heterocycles. The van der Waals surface area contributed by atoms with Gasteiger partial charge in [0.05, 0.1) is 30.2 Å². The fourth-order valence-electron chi connectivity index (χ4n) is 16.8. The molecule has 6 saturated carbocycles. The van der Waals surface area contributed by atoms with Crippen LogP contribution >= 0.6 is 21.6 Å². The number of rotatable bonds is 4. The number of ketones is 1. The SMILES string of the molecule is C[C@@H]1[C@H](O)C/C(=C2/CCCC3(CCCC3)C2)C(C)(C)C[C@@H](n2ccnc2)CSSC[C@H]2C[C@H]1[C@@]1(C)C[C@@H](CN=C(N)N)[C@H]3C(=CC(=O)[C@@H]4C[C@@H](O)[C@@H](O)C[C@]34C3CCCCC3)[C@]21O. The Kier molecular flexibility index (Phi) is 13.0. The third kappa shape index (κ3) is 7.94. The lowest BCUT2D eigenvalue weighted by Gasteiger charge is -2.66.